The van der Waals surface area contributed by atoms with E-state index in [1.807, 2.05) is 17.5 Å². The number of para-hydroxylation sites is 1. The van der Waals surface area contributed by atoms with Gasteiger partial charge in [-0.15, -0.1) is 11.3 Å². The Labute approximate surface area is 143 Å². The van der Waals surface area contributed by atoms with Crippen LogP contribution in [0.1, 0.15) is 17.7 Å². The van der Waals surface area contributed by atoms with Crippen molar-refractivity contribution >= 4 is 29.0 Å². The monoisotopic (exact) mass is 347 g/mol. The lowest BCUT2D eigenvalue weighted by molar-refractivity contribution is -0.124. The highest BCUT2D eigenvalue weighted by Gasteiger charge is 2.34. The van der Waals surface area contributed by atoms with Crippen LogP contribution in [0.5, 0.6) is 0 Å². The molecule has 2 heterocycles. The van der Waals surface area contributed by atoms with Gasteiger partial charge in [0, 0.05) is 11.4 Å². The Morgan fingerprint density at radius 2 is 2.08 bits per heavy atom. The van der Waals surface area contributed by atoms with Crippen LogP contribution in [-0.4, -0.2) is 29.4 Å². The molecule has 5 nitrogen and oxygen atoms in total. The number of anilines is 1. The summed E-state index contributed by atoms with van der Waals surface area (Å²) in [7, 11) is 0. The molecule has 3 amide bonds. The minimum Gasteiger partial charge on any atom is -0.349 e. The number of halogens is 1. The molecule has 2 N–H and O–H groups in total. The Kier molecular flexibility index (Phi) is 5.10. The lowest BCUT2D eigenvalue weighted by Crippen LogP contribution is -2.47. The van der Waals surface area contributed by atoms with E-state index in [0.29, 0.717) is 19.5 Å². The van der Waals surface area contributed by atoms with E-state index in [1.165, 1.54) is 17.0 Å². The molecule has 0 radical (unpaired) electrons. The van der Waals surface area contributed by atoms with Crippen LogP contribution in [0.2, 0.25) is 0 Å². The van der Waals surface area contributed by atoms with Gasteiger partial charge in [0.15, 0.2) is 0 Å². The van der Waals surface area contributed by atoms with E-state index < -0.39 is 17.9 Å². The van der Waals surface area contributed by atoms with Crippen LogP contribution in [0.4, 0.5) is 14.9 Å². The standard InChI is InChI=1S/C17H18FN3O2S/c18-13-6-1-2-7-14(13)20-17(23)21-9-3-8-15(21)16(22)19-11-12-5-4-10-24-12/h1-2,4-7,10,15H,3,8-9,11H2,(H,19,22)(H,20,23)/t15-/m0/s1. The van der Waals surface area contributed by atoms with Gasteiger partial charge in [-0.3, -0.25) is 4.79 Å². The molecule has 0 spiro atoms. The Morgan fingerprint density at radius 3 is 2.83 bits per heavy atom. The summed E-state index contributed by atoms with van der Waals surface area (Å²) in [4.78, 5) is 27.3. The zero-order chi connectivity index (χ0) is 16.9. The average Bonchev–Trinajstić information content (AvgIpc) is 3.26. The first kappa shape index (κ1) is 16.4. The number of amides is 3. The third kappa shape index (κ3) is 3.73. The molecule has 1 saturated heterocycles. The molecule has 1 fully saturated rings. The molecule has 3 rings (SSSR count). The third-order valence-corrected chi connectivity index (χ3v) is 4.83. The number of likely N-dealkylation sites (tertiary alicyclic amines) is 1. The molecule has 1 atom stereocenters. The fraction of sp³-hybridized carbons (Fsp3) is 0.294. The van der Waals surface area contributed by atoms with E-state index in [2.05, 4.69) is 10.6 Å². The fourth-order valence-corrected chi connectivity index (χ4v) is 3.38. The van der Waals surface area contributed by atoms with Crippen LogP contribution in [-0.2, 0) is 11.3 Å². The van der Waals surface area contributed by atoms with E-state index in [9.17, 15) is 14.0 Å². The number of carbonyl (C=O) groups is 2. The lowest BCUT2D eigenvalue weighted by atomic mass is 10.2. The minimum absolute atomic E-state index is 0.118. The molecule has 1 aromatic carbocycles. The van der Waals surface area contributed by atoms with Crippen molar-refractivity contribution in [2.75, 3.05) is 11.9 Å². The molecule has 1 aliphatic rings. The summed E-state index contributed by atoms with van der Waals surface area (Å²) in [6.45, 7) is 0.938. The van der Waals surface area contributed by atoms with E-state index in [1.54, 1.807) is 23.5 Å². The summed E-state index contributed by atoms with van der Waals surface area (Å²) in [5.41, 5.74) is 0.118. The Balaban J connectivity index is 1.61. The van der Waals surface area contributed by atoms with Crippen LogP contribution in [0, 0.1) is 5.82 Å². The largest absolute Gasteiger partial charge is 0.349 e. The topological polar surface area (TPSA) is 61.4 Å². The van der Waals surface area contributed by atoms with Gasteiger partial charge in [-0.05, 0) is 36.4 Å². The van der Waals surface area contributed by atoms with E-state index >= 15 is 0 Å². The quantitative estimate of drug-likeness (QED) is 0.892. The Bertz CT molecular complexity index is 720. The summed E-state index contributed by atoms with van der Waals surface area (Å²) in [5.74, 6) is -0.673. The van der Waals surface area contributed by atoms with Crippen LogP contribution in [0.3, 0.4) is 0 Å². The maximum atomic E-state index is 13.7. The molecule has 7 heteroatoms. The Hall–Kier alpha value is -2.41. The van der Waals surface area contributed by atoms with E-state index in [4.69, 9.17) is 0 Å². The maximum absolute atomic E-state index is 13.7. The predicted molar refractivity (Wildman–Crippen MR) is 91.3 cm³/mol. The van der Waals surface area contributed by atoms with Crippen LogP contribution in [0.25, 0.3) is 0 Å². The second kappa shape index (κ2) is 7.44. The highest BCUT2D eigenvalue weighted by atomic mass is 32.1. The molecule has 0 aliphatic carbocycles. The third-order valence-electron chi connectivity index (χ3n) is 3.95. The Morgan fingerprint density at radius 1 is 1.25 bits per heavy atom. The average molecular weight is 347 g/mol. The van der Waals surface area contributed by atoms with Crippen LogP contribution < -0.4 is 10.6 Å². The SMILES string of the molecule is O=C(NCc1cccs1)[C@@H]1CCCN1C(=O)Nc1ccccc1F. The molecule has 2 aromatic rings. The van der Waals surface area contributed by atoms with Crippen molar-refractivity contribution in [2.45, 2.75) is 25.4 Å². The minimum atomic E-state index is -0.517. The van der Waals surface area contributed by atoms with Gasteiger partial charge < -0.3 is 15.5 Å². The van der Waals surface area contributed by atoms with E-state index in [0.717, 1.165) is 11.3 Å². The van der Waals surface area contributed by atoms with Crippen LogP contribution >= 0.6 is 11.3 Å². The van der Waals surface area contributed by atoms with Gasteiger partial charge in [-0.1, -0.05) is 18.2 Å². The molecular weight excluding hydrogens is 329 g/mol. The van der Waals surface area contributed by atoms with Crippen molar-refractivity contribution in [3.8, 4) is 0 Å². The lowest BCUT2D eigenvalue weighted by Gasteiger charge is -2.24. The maximum Gasteiger partial charge on any atom is 0.322 e. The number of hydrogen-bond donors (Lipinski definition) is 2. The van der Waals surface area contributed by atoms with Gasteiger partial charge in [0.2, 0.25) is 5.91 Å². The van der Waals surface area contributed by atoms with Gasteiger partial charge in [-0.2, -0.15) is 0 Å². The number of hydrogen-bond acceptors (Lipinski definition) is 3. The molecular formula is C17H18FN3O2S. The molecule has 1 aromatic heterocycles. The first-order valence-electron chi connectivity index (χ1n) is 7.77. The second-order valence-electron chi connectivity index (χ2n) is 5.56. The normalized spacial score (nSPS) is 16.9. The number of nitrogens with one attached hydrogen (secondary N) is 2. The number of carbonyl (C=O) groups excluding carboxylic acids is 2. The van der Waals surface area contributed by atoms with Crippen molar-refractivity contribution in [1.29, 1.82) is 0 Å². The first-order valence-corrected chi connectivity index (χ1v) is 8.65. The number of thiophene rings is 1. The highest BCUT2D eigenvalue weighted by molar-refractivity contribution is 7.09. The van der Waals surface area contributed by atoms with Gasteiger partial charge in [-0.25, -0.2) is 9.18 Å². The summed E-state index contributed by atoms with van der Waals surface area (Å²) in [6, 6.07) is 8.89. The second-order valence-corrected chi connectivity index (χ2v) is 6.59. The number of nitrogens with zero attached hydrogens (tertiary/aromatic N) is 1. The molecule has 0 bridgehead atoms. The van der Waals surface area contributed by atoms with E-state index in [-0.39, 0.29) is 11.6 Å². The van der Waals surface area contributed by atoms with Crippen molar-refractivity contribution in [2.24, 2.45) is 0 Å². The van der Waals surface area contributed by atoms with Crippen molar-refractivity contribution in [1.82, 2.24) is 10.2 Å². The van der Waals surface area contributed by atoms with Gasteiger partial charge in [0.1, 0.15) is 11.9 Å². The summed E-state index contributed by atoms with van der Waals surface area (Å²) >= 11 is 1.57. The molecule has 1 aliphatic heterocycles. The summed E-state index contributed by atoms with van der Waals surface area (Å²) < 4.78 is 13.7. The first-order chi connectivity index (χ1) is 11.6. The number of rotatable bonds is 4. The van der Waals surface area contributed by atoms with Crippen molar-refractivity contribution in [3.05, 3.63) is 52.5 Å². The zero-order valence-corrected chi connectivity index (χ0v) is 13.8. The van der Waals surface area contributed by atoms with Gasteiger partial charge in [0.05, 0.1) is 12.2 Å². The zero-order valence-electron chi connectivity index (χ0n) is 13.0. The van der Waals surface area contributed by atoms with Crippen molar-refractivity contribution in [3.63, 3.8) is 0 Å². The molecule has 126 valence electrons. The smallest absolute Gasteiger partial charge is 0.322 e. The van der Waals surface area contributed by atoms with Crippen molar-refractivity contribution < 1.29 is 14.0 Å². The van der Waals surface area contributed by atoms with Gasteiger partial charge >= 0.3 is 6.03 Å². The molecule has 24 heavy (non-hydrogen) atoms. The summed E-state index contributed by atoms with van der Waals surface area (Å²) in [6.07, 6.45) is 1.36. The summed E-state index contributed by atoms with van der Waals surface area (Å²) in [5, 5.41) is 7.35. The van der Waals surface area contributed by atoms with Crippen LogP contribution in [0.15, 0.2) is 41.8 Å². The number of benzene rings is 1. The predicted octanol–water partition coefficient (Wildman–Crippen LogP) is 3.20. The molecule has 0 saturated carbocycles. The number of urea groups is 1. The fourth-order valence-electron chi connectivity index (χ4n) is 2.74. The van der Waals surface area contributed by atoms with Gasteiger partial charge in [0.25, 0.3) is 0 Å². The molecule has 0 unspecified atom stereocenters. The highest BCUT2D eigenvalue weighted by Crippen LogP contribution is 2.20.